The van der Waals surface area contributed by atoms with Crippen LogP contribution in [-0.4, -0.2) is 42.1 Å². The molecule has 0 saturated carbocycles. The lowest BCUT2D eigenvalue weighted by Gasteiger charge is -2.23. The third kappa shape index (κ3) is 5.13. The van der Waals surface area contributed by atoms with Gasteiger partial charge in [0.1, 0.15) is 5.01 Å². The van der Waals surface area contributed by atoms with Gasteiger partial charge in [-0.15, -0.1) is 21.5 Å². The highest BCUT2D eigenvalue weighted by Gasteiger charge is 2.33. The van der Waals surface area contributed by atoms with E-state index in [0.717, 1.165) is 34.8 Å². The van der Waals surface area contributed by atoms with Crippen LogP contribution in [-0.2, 0) is 12.0 Å². The molecule has 0 unspecified atom stereocenters. The Morgan fingerprint density at radius 2 is 2.05 bits per heavy atom. The normalized spacial score (nSPS) is 16.9. The molecule has 2 N–H and O–H groups in total. The van der Waals surface area contributed by atoms with E-state index < -0.39 is 5.54 Å². The molecule has 2 aromatic carbocycles. The average Bonchev–Trinajstić information content (AvgIpc) is 3.74. The van der Waals surface area contributed by atoms with Gasteiger partial charge in [0.15, 0.2) is 0 Å². The molecule has 10 heteroatoms. The molecule has 0 radical (unpaired) electrons. The quantitative estimate of drug-likeness (QED) is 0.307. The molecule has 198 valence electrons. The van der Waals surface area contributed by atoms with Crippen LogP contribution in [0.2, 0.25) is 0 Å². The van der Waals surface area contributed by atoms with E-state index in [4.69, 9.17) is 10.2 Å². The van der Waals surface area contributed by atoms with Gasteiger partial charge < -0.3 is 19.6 Å². The lowest BCUT2D eigenvalue weighted by molar-refractivity contribution is 0.0735. The Kier molecular flexibility index (Phi) is 6.58. The standard InChI is InChI=1S/C29H29N7O2S/c1-19-17-39-26(32-19)24-9-6-11-36(24)27(37)22-13-21(14-23(15-22)35-12-10-31-18-35)25-33-34-28(38-25)29(2,30)16-20-7-4-3-5-8-20/h3-5,7-8,10,12-15,17-18,24H,6,9,11,16,30H2,1-2H3/t24-,29+/m1/s1. The van der Waals surface area contributed by atoms with Gasteiger partial charge in [-0.1, -0.05) is 30.3 Å². The first-order valence-corrected chi connectivity index (χ1v) is 13.8. The fourth-order valence-corrected chi connectivity index (χ4v) is 5.99. The molecule has 39 heavy (non-hydrogen) atoms. The van der Waals surface area contributed by atoms with Gasteiger partial charge in [0.25, 0.3) is 5.91 Å². The van der Waals surface area contributed by atoms with Crippen LogP contribution in [0.4, 0.5) is 0 Å². The van der Waals surface area contributed by atoms with Crippen LogP contribution in [0.3, 0.4) is 0 Å². The zero-order valence-electron chi connectivity index (χ0n) is 21.8. The van der Waals surface area contributed by atoms with Gasteiger partial charge in [-0.3, -0.25) is 4.79 Å². The Hall–Kier alpha value is -4.15. The molecule has 2 atom stereocenters. The van der Waals surface area contributed by atoms with Gasteiger partial charge in [-0.2, -0.15) is 0 Å². The average molecular weight is 540 g/mol. The molecule has 0 aliphatic carbocycles. The number of carbonyl (C=O) groups excluding carboxylic acids is 1. The minimum absolute atomic E-state index is 0.0255. The fourth-order valence-electron chi connectivity index (χ4n) is 5.04. The van der Waals surface area contributed by atoms with Crippen LogP contribution in [0.15, 0.2) is 77.0 Å². The summed E-state index contributed by atoms with van der Waals surface area (Å²) >= 11 is 1.61. The van der Waals surface area contributed by atoms with Crippen molar-refractivity contribution in [2.24, 2.45) is 5.73 Å². The molecule has 0 bridgehead atoms. The molecule has 6 rings (SSSR count). The number of amides is 1. The summed E-state index contributed by atoms with van der Waals surface area (Å²) in [4.78, 5) is 24.7. The van der Waals surface area contributed by atoms with Crippen molar-refractivity contribution in [1.29, 1.82) is 0 Å². The Balaban J connectivity index is 1.35. The molecule has 1 aliphatic heterocycles. The Labute approximate surface area is 230 Å². The minimum atomic E-state index is -0.859. The Morgan fingerprint density at radius 1 is 1.21 bits per heavy atom. The molecule has 0 spiro atoms. The van der Waals surface area contributed by atoms with E-state index in [1.54, 1.807) is 23.9 Å². The van der Waals surface area contributed by atoms with Gasteiger partial charge >= 0.3 is 0 Å². The van der Waals surface area contributed by atoms with Crippen molar-refractivity contribution in [2.45, 2.75) is 44.7 Å². The Bertz CT molecular complexity index is 1590. The monoisotopic (exact) mass is 539 g/mol. The summed E-state index contributed by atoms with van der Waals surface area (Å²) in [5.41, 5.74) is 9.77. The van der Waals surface area contributed by atoms with Crippen molar-refractivity contribution in [3.8, 4) is 17.1 Å². The lowest BCUT2D eigenvalue weighted by Crippen LogP contribution is -2.35. The van der Waals surface area contributed by atoms with Gasteiger partial charge in [0, 0.05) is 46.8 Å². The van der Waals surface area contributed by atoms with Crippen molar-refractivity contribution in [3.63, 3.8) is 0 Å². The van der Waals surface area contributed by atoms with Gasteiger partial charge in [0.05, 0.1) is 17.9 Å². The first kappa shape index (κ1) is 25.1. The van der Waals surface area contributed by atoms with Crippen LogP contribution in [0.5, 0.6) is 0 Å². The predicted molar refractivity (Wildman–Crippen MR) is 148 cm³/mol. The number of likely N-dealkylation sites (tertiary alicyclic amines) is 1. The number of benzene rings is 2. The summed E-state index contributed by atoms with van der Waals surface area (Å²) in [6, 6.07) is 15.5. The summed E-state index contributed by atoms with van der Waals surface area (Å²) in [6.45, 7) is 4.54. The highest BCUT2D eigenvalue weighted by molar-refractivity contribution is 7.09. The van der Waals surface area contributed by atoms with Gasteiger partial charge in [-0.25, -0.2) is 9.97 Å². The van der Waals surface area contributed by atoms with Crippen LogP contribution in [0.1, 0.15) is 58.3 Å². The molecule has 5 aromatic rings. The third-order valence-electron chi connectivity index (χ3n) is 6.98. The highest BCUT2D eigenvalue weighted by atomic mass is 32.1. The van der Waals surface area contributed by atoms with E-state index in [2.05, 4.69) is 20.2 Å². The number of hydrogen-bond acceptors (Lipinski definition) is 8. The molecule has 3 aromatic heterocycles. The number of aryl methyl sites for hydroxylation is 1. The number of rotatable bonds is 7. The van der Waals surface area contributed by atoms with Crippen molar-refractivity contribution in [2.75, 3.05) is 6.54 Å². The summed E-state index contributed by atoms with van der Waals surface area (Å²) in [5.74, 6) is 0.585. The first-order chi connectivity index (χ1) is 18.9. The SMILES string of the molecule is Cc1csc([C@H]2CCCN2C(=O)c2cc(-c3nnc([C@@](C)(N)Cc4ccccc4)o3)cc(-n3ccnc3)c2)n1. The second kappa shape index (κ2) is 10.2. The van der Waals surface area contributed by atoms with Crippen molar-refractivity contribution < 1.29 is 9.21 Å². The number of imidazole rings is 1. The maximum Gasteiger partial charge on any atom is 0.254 e. The zero-order chi connectivity index (χ0) is 27.0. The number of nitrogens with two attached hydrogens (primary N) is 1. The van der Waals surface area contributed by atoms with E-state index in [9.17, 15) is 4.79 Å². The number of aromatic nitrogens is 5. The molecule has 1 amide bonds. The van der Waals surface area contributed by atoms with E-state index in [-0.39, 0.29) is 11.9 Å². The number of hydrogen-bond donors (Lipinski definition) is 1. The molecule has 9 nitrogen and oxygen atoms in total. The molecular formula is C29H29N7O2S. The molecule has 1 saturated heterocycles. The van der Waals surface area contributed by atoms with Crippen molar-refractivity contribution in [1.82, 2.24) is 29.6 Å². The van der Waals surface area contributed by atoms with E-state index in [0.29, 0.717) is 35.9 Å². The lowest BCUT2D eigenvalue weighted by atomic mass is 9.94. The number of nitrogens with zero attached hydrogens (tertiary/aromatic N) is 6. The third-order valence-corrected chi connectivity index (χ3v) is 8.04. The summed E-state index contributed by atoms with van der Waals surface area (Å²) < 4.78 is 7.98. The second-order valence-corrected chi connectivity index (χ2v) is 11.1. The summed E-state index contributed by atoms with van der Waals surface area (Å²) in [5, 5.41) is 11.6. The largest absolute Gasteiger partial charge is 0.419 e. The van der Waals surface area contributed by atoms with Crippen LogP contribution < -0.4 is 5.73 Å². The maximum absolute atomic E-state index is 13.9. The minimum Gasteiger partial charge on any atom is -0.419 e. The fraction of sp³-hybridized carbons (Fsp3) is 0.276. The molecule has 4 heterocycles. The van der Waals surface area contributed by atoms with E-state index in [1.807, 2.05) is 83.4 Å². The second-order valence-electron chi connectivity index (χ2n) is 10.2. The highest BCUT2D eigenvalue weighted by Crippen LogP contribution is 2.36. The number of thiazole rings is 1. The topological polar surface area (TPSA) is 116 Å². The maximum atomic E-state index is 13.9. The smallest absolute Gasteiger partial charge is 0.254 e. The number of carbonyl (C=O) groups is 1. The van der Waals surface area contributed by atoms with Crippen molar-refractivity contribution in [3.05, 3.63) is 100 Å². The van der Waals surface area contributed by atoms with Crippen molar-refractivity contribution >= 4 is 17.2 Å². The zero-order valence-corrected chi connectivity index (χ0v) is 22.6. The predicted octanol–water partition coefficient (Wildman–Crippen LogP) is 5.08. The summed E-state index contributed by atoms with van der Waals surface area (Å²) in [6.07, 6.45) is 7.61. The summed E-state index contributed by atoms with van der Waals surface area (Å²) in [7, 11) is 0. The first-order valence-electron chi connectivity index (χ1n) is 12.9. The molecule has 1 aliphatic rings. The van der Waals surface area contributed by atoms with Gasteiger partial charge in [-0.05, 0) is 56.9 Å². The van der Waals surface area contributed by atoms with Crippen LogP contribution in [0, 0.1) is 6.92 Å². The van der Waals surface area contributed by atoms with Crippen LogP contribution in [0.25, 0.3) is 17.1 Å². The molecule has 1 fully saturated rings. The van der Waals surface area contributed by atoms with Crippen LogP contribution >= 0.6 is 11.3 Å². The van der Waals surface area contributed by atoms with Gasteiger partial charge in [0.2, 0.25) is 11.8 Å². The van der Waals surface area contributed by atoms with E-state index >= 15 is 0 Å². The Morgan fingerprint density at radius 3 is 2.79 bits per heavy atom. The molecular weight excluding hydrogens is 510 g/mol. The van der Waals surface area contributed by atoms with E-state index in [1.165, 1.54) is 0 Å².